The molecule has 0 atom stereocenters. The van der Waals surface area contributed by atoms with Crippen LogP contribution in [0.4, 0.5) is 0 Å². The van der Waals surface area contributed by atoms with Gasteiger partial charge in [-0.2, -0.15) is 0 Å². The Labute approximate surface area is 320 Å². The smallest absolute Gasteiger partial charge is 0.102 e. The van der Waals surface area contributed by atoms with Crippen LogP contribution in [0.1, 0.15) is 33.4 Å². The molecule has 0 amide bonds. The van der Waals surface area contributed by atoms with E-state index in [1.807, 2.05) is 0 Å². The molecule has 0 aromatic heterocycles. The van der Waals surface area contributed by atoms with Crippen LogP contribution in [-0.4, -0.2) is 56.7 Å². The van der Waals surface area contributed by atoms with Crippen molar-refractivity contribution in [3.05, 3.63) is 215 Å². The van der Waals surface area contributed by atoms with Gasteiger partial charge in [-0.25, -0.2) is 0 Å². The summed E-state index contributed by atoms with van der Waals surface area (Å²) in [7, 11) is 0. The fraction of sp³-hybridized carbons (Fsp3) is 0.208. The highest BCUT2D eigenvalue weighted by Gasteiger charge is 2.58. The summed E-state index contributed by atoms with van der Waals surface area (Å²) >= 11 is 0. The molecule has 2 fully saturated rings. The summed E-state index contributed by atoms with van der Waals surface area (Å²) in [5.41, 5.74) is 7.57. The van der Waals surface area contributed by atoms with Crippen molar-refractivity contribution in [2.75, 3.05) is 0 Å². The summed E-state index contributed by atoms with van der Waals surface area (Å²) in [6, 6.07) is 64.8. The van der Waals surface area contributed by atoms with E-state index < -0.39 is 0 Å². The third-order valence-electron chi connectivity index (χ3n) is 10.5. The minimum atomic E-state index is -0.0529. The number of fused-ring (bicyclic) bond motifs is 1. The van der Waals surface area contributed by atoms with Gasteiger partial charge >= 0.3 is 0 Å². The van der Waals surface area contributed by atoms with Crippen LogP contribution in [0.3, 0.4) is 0 Å². The average Bonchev–Trinajstić information content (AvgIpc) is 3.67. The van der Waals surface area contributed by atoms with Gasteiger partial charge in [-0.05, 0) is 33.4 Å². The highest BCUT2D eigenvalue weighted by Crippen LogP contribution is 2.42. The molecule has 270 valence electrons. The molecule has 6 aromatic rings. The second kappa shape index (κ2) is 17.5. The molecule has 0 radical (unpaired) electrons. The van der Waals surface area contributed by atoms with Gasteiger partial charge in [-0.3, -0.25) is 29.6 Å². The first-order valence-corrected chi connectivity index (χ1v) is 19.1. The first-order valence-electron chi connectivity index (χ1n) is 19.1. The normalized spacial score (nSPS) is 21.0. The van der Waals surface area contributed by atoms with Crippen LogP contribution in [-0.2, 0) is 39.3 Å². The van der Waals surface area contributed by atoms with E-state index in [9.17, 15) is 0 Å². The van der Waals surface area contributed by atoms with Crippen molar-refractivity contribution in [3.63, 3.8) is 0 Å². The van der Waals surface area contributed by atoms with Crippen molar-refractivity contribution in [1.29, 1.82) is 0 Å². The third kappa shape index (κ3) is 8.49. The maximum atomic E-state index is 5.18. The largest absolute Gasteiger partial charge is 0.290 e. The Hall–Kier alpha value is -5.50. The Morgan fingerprint density at radius 1 is 0.315 bits per heavy atom. The highest BCUT2D eigenvalue weighted by atomic mass is 15.7. The molecular weight excluding hydrogens is 661 g/mol. The molecule has 6 aromatic carbocycles. The van der Waals surface area contributed by atoms with Crippen LogP contribution in [0, 0.1) is 0 Å². The van der Waals surface area contributed by atoms with Crippen LogP contribution in [0.15, 0.2) is 192 Å². The van der Waals surface area contributed by atoms with Crippen molar-refractivity contribution < 1.29 is 0 Å². The SMILES string of the molecule is C(=NCc1ccccc1)C1N(Cc2ccccc2)C2C(N1Cc1ccccc1)N(Cc1ccccc1)C(C=NCc1ccccc1)N2Cc1ccccc1. The first-order chi connectivity index (χ1) is 26.8. The molecule has 8 rings (SSSR count). The second-order valence-electron chi connectivity index (χ2n) is 14.2. The zero-order chi connectivity index (χ0) is 36.4. The number of aliphatic imine (C=N–C) groups is 2. The lowest BCUT2D eigenvalue weighted by atomic mass is 10.1. The van der Waals surface area contributed by atoms with Gasteiger partial charge < -0.3 is 0 Å². The van der Waals surface area contributed by atoms with E-state index in [2.05, 4.69) is 214 Å². The molecule has 0 N–H and O–H groups in total. The van der Waals surface area contributed by atoms with Crippen LogP contribution >= 0.6 is 0 Å². The monoisotopic (exact) mass is 708 g/mol. The van der Waals surface area contributed by atoms with Crippen molar-refractivity contribution in [1.82, 2.24) is 19.6 Å². The van der Waals surface area contributed by atoms with E-state index in [-0.39, 0.29) is 24.7 Å². The molecule has 6 nitrogen and oxygen atoms in total. The molecular formula is C48H48N6. The summed E-state index contributed by atoms with van der Waals surface area (Å²) in [5, 5.41) is 0. The van der Waals surface area contributed by atoms with E-state index in [1.54, 1.807) is 0 Å². The lowest BCUT2D eigenvalue weighted by molar-refractivity contribution is 0.0286. The van der Waals surface area contributed by atoms with Crippen molar-refractivity contribution in [2.45, 2.75) is 63.9 Å². The molecule has 2 aliphatic rings. The lowest BCUT2D eigenvalue weighted by Crippen LogP contribution is -2.52. The fourth-order valence-electron chi connectivity index (χ4n) is 8.01. The molecule has 0 bridgehead atoms. The second-order valence-corrected chi connectivity index (χ2v) is 14.2. The maximum absolute atomic E-state index is 5.18. The maximum Gasteiger partial charge on any atom is 0.102 e. The number of benzene rings is 6. The zero-order valence-corrected chi connectivity index (χ0v) is 30.7. The van der Waals surface area contributed by atoms with Crippen LogP contribution in [0.5, 0.6) is 0 Å². The molecule has 0 spiro atoms. The number of hydrogen-bond acceptors (Lipinski definition) is 6. The molecule has 2 saturated heterocycles. The average molecular weight is 709 g/mol. The van der Waals surface area contributed by atoms with Gasteiger partial charge in [0.2, 0.25) is 0 Å². The van der Waals surface area contributed by atoms with Gasteiger partial charge in [-0.1, -0.05) is 182 Å². The summed E-state index contributed by atoms with van der Waals surface area (Å²) in [4.78, 5) is 21.1. The Morgan fingerprint density at radius 2 is 0.537 bits per heavy atom. The van der Waals surface area contributed by atoms with Gasteiger partial charge in [0, 0.05) is 38.6 Å². The quantitative estimate of drug-likeness (QED) is 0.106. The van der Waals surface area contributed by atoms with E-state index in [1.165, 1.54) is 33.4 Å². The van der Waals surface area contributed by atoms with Gasteiger partial charge in [0.1, 0.15) is 12.3 Å². The fourth-order valence-corrected chi connectivity index (χ4v) is 8.01. The first kappa shape index (κ1) is 35.5. The zero-order valence-electron chi connectivity index (χ0n) is 30.7. The van der Waals surface area contributed by atoms with Crippen molar-refractivity contribution in [3.8, 4) is 0 Å². The molecule has 6 heteroatoms. The van der Waals surface area contributed by atoms with Crippen molar-refractivity contribution in [2.24, 2.45) is 9.98 Å². The van der Waals surface area contributed by atoms with E-state index in [4.69, 9.17) is 9.98 Å². The Balaban J connectivity index is 1.26. The molecule has 2 heterocycles. The molecule has 0 aliphatic carbocycles. The Kier molecular flexibility index (Phi) is 11.5. The van der Waals surface area contributed by atoms with Crippen molar-refractivity contribution >= 4 is 12.4 Å². The number of rotatable bonds is 14. The van der Waals surface area contributed by atoms with E-state index in [0.29, 0.717) is 13.1 Å². The Bertz CT molecular complexity index is 1810. The van der Waals surface area contributed by atoms with Gasteiger partial charge in [0.15, 0.2) is 0 Å². The predicted octanol–water partition coefficient (Wildman–Crippen LogP) is 8.87. The van der Waals surface area contributed by atoms with Gasteiger partial charge in [-0.15, -0.1) is 0 Å². The molecule has 0 unspecified atom stereocenters. The standard InChI is InChI=1S/C48H48N6/c1-7-19-39(20-8-1)31-49-33-45-51(35-41-23-11-3-12-24-41)47-48(52(45)36-42-25-13-4-14-26-42)54(38-44-29-17-6-18-30-44)46(34-50-32-40-21-9-2-10-22-40)53(47)37-43-27-15-5-16-28-43/h1-30,33-34,45-48H,31-32,35-38H2. The van der Waals surface area contributed by atoms with Crippen LogP contribution in [0.2, 0.25) is 0 Å². The van der Waals surface area contributed by atoms with Crippen LogP contribution in [0.25, 0.3) is 0 Å². The van der Waals surface area contributed by atoms with Gasteiger partial charge in [0.05, 0.1) is 25.4 Å². The minimum absolute atomic E-state index is 0.0409. The molecule has 0 saturated carbocycles. The van der Waals surface area contributed by atoms with Crippen LogP contribution < -0.4 is 0 Å². The summed E-state index contributed by atoms with van der Waals surface area (Å²) in [6.45, 7) is 4.42. The minimum Gasteiger partial charge on any atom is -0.290 e. The summed E-state index contributed by atoms with van der Waals surface area (Å²) < 4.78 is 0. The van der Waals surface area contributed by atoms with E-state index >= 15 is 0 Å². The topological polar surface area (TPSA) is 37.7 Å². The molecule has 54 heavy (non-hydrogen) atoms. The lowest BCUT2D eigenvalue weighted by Gasteiger charge is -2.38. The third-order valence-corrected chi connectivity index (χ3v) is 10.5. The highest BCUT2D eigenvalue weighted by molar-refractivity contribution is 5.67. The van der Waals surface area contributed by atoms with Gasteiger partial charge in [0.25, 0.3) is 0 Å². The summed E-state index contributed by atoms with van der Waals surface area (Å²) in [6.07, 6.45) is 4.41. The summed E-state index contributed by atoms with van der Waals surface area (Å²) in [5.74, 6) is 0. The predicted molar refractivity (Wildman–Crippen MR) is 220 cm³/mol. The Morgan fingerprint density at radius 3 is 0.778 bits per heavy atom. The van der Waals surface area contributed by atoms with E-state index in [0.717, 1.165) is 26.2 Å². The molecule has 2 aliphatic heterocycles. The number of nitrogens with zero attached hydrogens (tertiary/aromatic N) is 6. The number of hydrogen-bond donors (Lipinski definition) is 0.